The monoisotopic (exact) mass is 212 g/mol. The van der Waals surface area contributed by atoms with Gasteiger partial charge in [-0.1, -0.05) is 6.08 Å². The van der Waals surface area contributed by atoms with Crippen molar-refractivity contribution < 1.29 is 14.3 Å². The lowest BCUT2D eigenvalue weighted by Gasteiger charge is -2.08. The molecule has 0 aromatic heterocycles. The van der Waals surface area contributed by atoms with Crippen molar-refractivity contribution in [3.63, 3.8) is 0 Å². The molecule has 2 saturated heterocycles. The molecule has 5 nitrogen and oxygen atoms in total. The number of hydrogen-bond donors (Lipinski definition) is 2. The van der Waals surface area contributed by atoms with E-state index in [9.17, 15) is 4.79 Å². The zero-order valence-corrected chi connectivity index (χ0v) is 8.52. The van der Waals surface area contributed by atoms with Gasteiger partial charge in [-0.05, 0) is 18.8 Å². The molecule has 5 heteroatoms. The van der Waals surface area contributed by atoms with Crippen molar-refractivity contribution in [2.75, 3.05) is 13.2 Å². The SMILES string of the molecule is NC(=O)NC=CC(CC1CO1)CC1CO1. The van der Waals surface area contributed by atoms with Gasteiger partial charge in [0.15, 0.2) is 0 Å². The highest BCUT2D eigenvalue weighted by Crippen LogP contribution is 2.27. The minimum absolute atomic E-state index is 0.395. The Morgan fingerprint density at radius 3 is 2.33 bits per heavy atom. The normalized spacial score (nSPS) is 30.1. The molecule has 3 N–H and O–H groups in total. The first-order valence-electron chi connectivity index (χ1n) is 5.20. The summed E-state index contributed by atoms with van der Waals surface area (Å²) in [6, 6.07) is -0.532. The maximum atomic E-state index is 10.5. The molecule has 15 heavy (non-hydrogen) atoms. The van der Waals surface area contributed by atoms with E-state index in [1.165, 1.54) is 0 Å². The summed E-state index contributed by atoms with van der Waals surface area (Å²) in [4.78, 5) is 10.5. The lowest BCUT2D eigenvalue weighted by atomic mass is 9.98. The second-order valence-corrected chi connectivity index (χ2v) is 4.01. The van der Waals surface area contributed by atoms with Gasteiger partial charge in [-0.2, -0.15) is 0 Å². The highest BCUT2D eigenvalue weighted by atomic mass is 16.6. The summed E-state index contributed by atoms with van der Waals surface area (Å²) in [5.74, 6) is 0.400. The molecule has 2 unspecified atom stereocenters. The fraction of sp³-hybridized carbons (Fsp3) is 0.700. The highest BCUT2D eigenvalue weighted by molar-refractivity contribution is 5.72. The molecular weight excluding hydrogens is 196 g/mol. The summed E-state index contributed by atoms with van der Waals surface area (Å²) in [6.07, 6.45) is 6.36. The fourth-order valence-corrected chi connectivity index (χ4v) is 1.60. The molecule has 0 bridgehead atoms. The minimum Gasteiger partial charge on any atom is -0.373 e. The summed E-state index contributed by atoms with van der Waals surface area (Å²) in [5.41, 5.74) is 4.96. The van der Waals surface area contributed by atoms with Crippen molar-refractivity contribution in [3.05, 3.63) is 12.3 Å². The van der Waals surface area contributed by atoms with Gasteiger partial charge in [-0.15, -0.1) is 0 Å². The second kappa shape index (κ2) is 4.63. The van der Waals surface area contributed by atoms with Crippen LogP contribution in [0, 0.1) is 5.92 Å². The fourth-order valence-electron chi connectivity index (χ4n) is 1.60. The Bertz CT molecular complexity index is 245. The predicted molar refractivity (Wildman–Crippen MR) is 54.1 cm³/mol. The predicted octanol–water partition coefficient (Wildman–Crippen LogP) is 0.362. The third kappa shape index (κ3) is 4.31. The van der Waals surface area contributed by atoms with Crippen LogP contribution in [0.1, 0.15) is 12.8 Å². The van der Waals surface area contributed by atoms with Crippen LogP contribution in [-0.4, -0.2) is 31.5 Å². The molecule has 2 aliphatic rings. The van der Waals surface area contributed by atoms with Gasteiger partial charge in [0, 0.05) is 6.20 Å². The van der Waals surface area contributed by atoms with Crippen molar-refractivity contribution in [3.8, 4) is 0 Å². The molecule has 84 valence electrons. The Kier molecular flexibility index (Phi) is 3.23. The molecule has 2 amide bonds. The Morgan fingerprint density at radius 1 is 1.40 bits per heavy atom. The molecule has 0 aliphatic carbocycles. The van der Waals surface area contributed by atoms with E-state index in [0.717, 1.165) is 26.1 Å². The number of urea groups is 1. The Labute approximate surface area is 88.6 Å². The lowest BCUT2D eigenvalue weighted by molar-refractivity contribution is 0.252. The smallest absolute Gasteiger partial charge is 0.316 e. The number of nitrogens with two attached hydrogens (primary N) is 1. The summed E-state index contributed by atoms with van der Waals surface area (Å²) in [6.45, 7) is 1.72. The number of carbonyl (C=O) groups excluding carboxylic acids is 1. The summed E-state index contributed by atoms with van der Waals surface area (Å²) >= 11 is 0. The lowest BCUT2D eigenvalue weighted by Crippen LogP contribution is -2.24. The number of carbonyl (C=O) groups is 1. The van der Waals surface area contributed by atoms with E-state index >= 15 is 0 Å². The summed E-state index contributed by atoms with van der Waals surface area (Å²) in [5, 5.41) is 2.44. The zero-order chi connectivity index (χ0) is 10.7. The molecular formula is C10H16N2O3. The van der Waals surface area contributed by atoms with Crippen LogP contribution in [0.3, 0.4) is 0 Å². The largest absolute Gasteiger partial charge is 0.373 e. The van der Waals surface area contributed by atoms with Gasteiger partial charge in [0.1, 0.15) is 0 Å². The molecule has 2 heterocycles. The van der Waals surface area contributed by atoms with Crippen molar-refractivity contribution >= 4 is 6.03 Å². The van der Waals surface area contributed by atoms with Gasteiger partial charge >= 0.3 is 6.03 Å². The first kappa shape index (κ1) is 10.4. The number of epoxide rings is 2. The van der Waals surface area contributed by atoms with Crippen molar-refractivity contribution in [2.24, 2.45) is 11.7 Å². The van der Waals surface area contributed by atoms with E-state index < -0.39 is 6.03 Å². The molecule has 0 radical (unpaired) electrons. The van der Waals surface area contributed by atoms with Gasteiger partial charge in [-0.25, -0.2) is 4.79 Å². The molecule has 2 aliphatic heterocycles. The molecule has 0 saturated carbocycles. The molecule has 0 aromatic rings. The van der Waals surface area contributed by atoms with Crippen molar-refractivity contribution in [2.45, 2.75) is 25.0 Å². The molecule has 2 atom stereocenters. The van der Waals surface area contributed by atoms with Gasteiger partial charge in [-0.3, -0.25) is 0 Å². The molecule has 0 spiro atoms. The second-order valence-electron chi connectivity index (χ2n) is 4.01. The van der Waals surface area contributed by atoms with Crippen LogP contribution in [0.4, 0.5) is 4.79 Å². The van der Waals surface area contributed by atoms with Crippen LogP contribution in [0.2, 0.25) is 0 Å². The average Bonchev–Trinajstić information content (AvgIpc) is 2.97. The number of nitrogens with one attached hydrogen (secondary N) is 1. The van der Waals surface area contributed by atoms with Crippen molar-refractivity contribution in [1.82, 2.24) is 5.32 Å². The van der Waals surface area contributed by atoms with E-state index in [1.807, 2.05) is 6.08 Å². The average molecular weight is 212 g/mol. The topological polar surface area (TPSA) is 80.2 Å². The number of hydrogen-bond acceptors (Lipinski definition) is 3. The van der Waals surface area contributed by atoms with Gasteiger partial charge < -0.3 is 20.5 Å². The first-order valence-corrected chi connectivity index (χ1v) is 5.20. The third-order valence-electron chi connectivity index (χ3n) is 2.53. The van der Waals surface area contributed by atoms with E-state index in [-0.39, 0.29) is 0 Å². The van der Waals surface area contributed by atoms with Crippen LogP contribution >= 0.6 is 0 Å². The molecule has 2 fully saturated rings. The Hall–Kier alpha value is -1.07. The van der Waals surface area contributed by atoms with Crippen LogP contribution in [0.15, 0.2) is 12.3 Å². The number of ether oxygens (including phenoxy) is 2. The first-order chi connectivity index (χ1) is 7.24. The van der Waals surface area contributed by atoms with E-state index in [1.54, 1.807) is 6.20 Å². The highest BCUT2D eigenvalue weighted by Gasteiger charge is 2.30. The van der Waals surface area contributed by atoms with E-state index in [0.29, 0.717) is 18.1 Å². The Balaban J connectivity index is 1.74. The van der Waals surface area contributed by atoms with Crippen LogP contribution in [0.25, 0.3) is 0 Å². The quantitative estimate of drug-likeness (QED) is 0.624. The number of allylic oxidation sites excluding steroid dienone is 1. The van der Waals surface area contributed by atoms with Crippen LogP contribution in [-0.2, 0) is 9.47 Å². The molecule has 2 rings (SSSR count). The van der Waals surface area contributed by atoms with Crippen LogP contribution in [0.5, 0.6) is 0 Å². The Morgan fingerprint density at radius 2 is 1.93 bits per heavy atom. The van der Waals surface area contributed by atoms with Gasteiger partial charge in [0.25, 0.3) is 0 Å². The van der Waals surface area contributed by atoms with E-state index in [4.69, 9.17) is 15.2 Å². The van der Waals surface area contributed by atoms with Crippen molar-refractivity contribution in [1.29, 1.82) is 0 Å². The maximum Gasteiger partial charge on any atom is 0.316 e. The third-order valence-corrected chi connectivity index (χ3v) is 2.53. The maximum absolute atomic E-state index is 10.5. The zero-order valence-electron chi connectivity index (χ0n) is 8.52. The van der Waals surface area contributed by atoms with Gasteiger partial charge in [0.05, 0.1) is 25.4 Å². The number of primary amides is 1. The molecule has 0 aromatic carbocycles. The minimum atomic E-state index is -0.532. The van der Waals surface area contributed by atoms with Gasteiger partial charge in [0.2, 0.25) is 0 Å². The standard InChI is InChI=1S/C10H16N2O3/c11-10(13)12-2-1-7(3-8-5-14-8)4-9-6-15-9/h1-2,7-9H,3-6H2,(H3,11,12,13). The number of amides is 2. The van der Waals surface area contributed by atoms with Crippen LogP contribution < -0.4 is 11.1 Å². The van der Waals surface area contributed by atoms with E-state index in [2.05, 4.69) is 5.32 Å². The number of rotatable bonds is 6. The summed E-state index contributed by atoms with van der Waals surface area (Å²) < 4.78 is 10.4. The summed E-state index contributed by atoms with van der Waals surface area (Å²) in [7, 11) is 0.